The number of halogens is 1. The Hall–Kier alpha value is -0.580. The minimum absolute atomic E-state index is 0.0358. The fourth-order valence-corrected chi connectivity index (χ4v) is 2.65. The lowest BCUT2D eigenvalue weighted by Crippen LogP contribution is -2.10. The smallest absolute Gasteiger partial charge is 0.0798 e. The summed E-state index contributed by atoms with van der Waals surface area (Å²) in [5.41, 5.74) is 7.08. The van der Waals surface area contributed by atoms with E-state index in [-0.39, 0.29) is 6.04 Å². The van der Waals surface area contributed by atoms with Crippen molar-refractivity contribution in [1.82, 2.24) is 4.98 Å². The Kier molecular flexibility index (Phi) is 2.53. The molecular formula is C9H9BrN2S. The molecule has 0 bridgehead atoms. The number of aromatic amines is 1. The lowest BCUT2D eigenvalue weighted by atomic mass is 10.2. The van der Waals surface area contributed by atoms with Crippen LogP contribution in [0.15, 0.2) is 34.2 Å². The van der Waals surface area contributed by atoms with E-state index in [1.165, 1.54) is 0 Å². The van der Waals surface area contributed by atoms with Crippen LogP contribution in [0, 0.1) is 0 Å². The molecule has 2 nitrogen and oxygen atoms in total. The van der Waals surface area contributed by atoms with Crippen molar-refractivity contribution in [2.75, 3.05) is 0 Å². The van der Waals surface area contributed by atoms with Crippen molar-refractivity contribution in [2.45, 2.75) is 6.04 Å². The fourth-order valence-electron chi connectivity index (χ4n) is 1.18. The zero-order chi connectivity index (χ0) is 9.26. The van der Waals surface area contributed by atoms with E-state index in [0.29, 0.717) is 0 Å². The van der Waals surface area contributed by atoms with Crippen LogP contribution in [0.3, 0.4) is 0 Å². The highest BCUT2D eigenvalue weighted by atomic mass is 79.9. The second kappa shape index (κ2) is 3.65. The third-order valence-corrected chi connectivity index (χ3v) is 3.63. The maximum absolute atomic E-state index is 6.03. The molecule has 0 amide bonds. The zero-order valence-electron chi connectivity index (χ0n) is 6.83. The van der Waals surface area contributed by atoms with Gasteiger partial charge in [0.2, 0.25) is 0 Å². The van der Waals surface area contributed by atoms with Gasteiger partial charge >= 0.3 is 0 Å². The summed E-state index contributed by atoms with van der Waals surface area (Å²) in [4.78, 5) is 4.27. The lowest BCUT2D eigenvalue weighted by molar-refractivity contribution is 0.857. The molecule has 0 saturated heterocycles. The van der Waals surface area contributed by atoms with Gasteiger partial charge in [-0.3, -0.25) is 0 Å². The first-order chi connectivity index (χ1) is 6.27. The molecule has 0 aliphatic carbocycles. The Morgan fingerprint density at radius 1 is 1.54 bits per heavy atom. The highest BCUT2D eigenvalue weighted by Gasteiger charge is 2.10. The molecule has 68 valence electrons. The first-order valence-corrected chi connectivity index (χ1v) is 5.57. The van der Waals surface area contributed by atoms with Crippen LogP contribution in [0.1, 0.15) is 16.6 Å². The molecular weight excluding hydrogens is 248 g/mol. The van der Waals surface area contributed by atoms with Gasteiger partial charge in [-0.2, -0.15) is 0 Å². The van der Waals surface area contributed by atoms with Crippen LogP contribution in [0.25, 0.3) is 0 Å². The number of H-pyrrole nitrogens is 1. The average molecular weight is 257 g/mol. The van der Waals surface area contributed by atoms with E-state index >= 15 is 0 Å². The second-order valence-corrected chi connectivity index (χ2v) is 4.63. The van der Waals surface area contributed by atoms with Crippen LogP contribution in [0.2, 0.25) is 0 Å². The van der Waals surface area contributed by atoms with E-state index in [9.17, 15) is 0 Å². The van der Waals surface area contributed by atoms with Gasteiger partial charge in [0, 0.05) is 26.6 Å². The maximum atomic E-state index is 6.03. The van der Waals surface area contributed by atoms with Crippen molar-refractivity contribution in [3.63, 3.8) is 0 Å². The molecule has 4 heteroatoms. The minimum Gasteiger partial charge on any atom is -0.363 e. The molecule has 3 N–H and O–H groups in total. The summed E-state index contributed by atoms with van der Waals surface area (Å²) in [6, 6.07) is 5.97. The largest absolute Gasteiger partial charge is 0.363 e. The molecule has 0 fully saturated rings. The van der Waals surface area contributed by atoms with Crippen LogP contribution in [0.4, 0.5) is 0 Å². The Labute approximate surface area is 88.9 Å². The summed E-state index contributed by atoms with van der Waals surface area (Å²) in [6.07, 6.45) is 1.89. The summed E-state index contributed by atoms with van der Waals surface area (Å²) in [5.74, 6) is 0. The third kappa shape index (κ3) is 1.85. The van der Waals surface area contributed by atoms with Gasteiger partial charge in [0.1, 0.15) is 0 Å². The second-order valence-electron chi connectivity index (χ2n) is 2.77. The van der Waals surface area contributed by atoms with Crippen molar-refractivity contribution in [2.24, 2.45) is 5.73 Å². The Bertz CT molecular complexity index is 380. The molecule has 2 aromatic rings. The standard InChI is InChI=1S/C9H9BrN2S/c10-6-4-8(13-5-6)9(11)7-2-1-3-12-7/h1-5,9,12H,11H2. The van der Waals surface area contributed by atoms with Crippen LogP contribution in [0.5, 0.6) is 0 Å². The predicted molar refractivity (Wildman–Crippen MR) is 58.8 cm³/mol. The molecule has 2 rings (SSSR count). The molecule has 0 spiro atoms. The van der Waals surface area contributed by atoms with Crippen molar-refractivity contribution < 1.29 is 0 Å². The fraction of sp³-hybridized carbons (Fsp3) is 0.111. The van der Waals surface area contributed by atoms with Gasteiger partial charge in [-0.05, 0) is 34.1 Å². The molecule has 13 heavy (non-hydrogen) atoms. The highest BCUT2D eigenvalue weighted by Crippen LogP contribution is 2.27. The van der Waals surface area contributed by atoms with Gasteiger partial charge in [0.25, 0.3) is 0 Å². The van der Waals surface area contributed by atoms with Crippen molar-refractivity contribution >= 4 is 27.3 Å². The van der Waals surface area contributed by atoms with Crippen LogP contribution >= 0.6 is 27.3 Å². The van der Waals surface area contributed by atoms with Crippen molar-refractivity contribution in [3.05, 3.63) is 44.8 Å². The van der Waals surface area contributed by atoms with Gasteiger partial charge in [0.05, 0.1) is 6.04 Å². The number of aromatic nitrogens is 1. The number of nitrogens with two attached hydrogens (primary N) is 1. The van der Waals surface area contributed by atoms with Gasteiger partial charge < -0.3 is 10.7 Å². The number of hydrogen-bond acceptors (Lipinski definition) is 2. The summed E-state index contributed by atoms with van der Waals surface area (Å²) in [7, 11) is 0. The molecule has 0 saturated carbocycles. The molecule has 0 radical (unpaired) electrons. The topological polar surface area (TPSA) is 41.8 Å². The van der Waals surface area contributed by atoms with Crippen LogP contribution in [-0.4, -0.2) is 4.98 Å². The number of thiophene rings is 1. The third-order valence-electron chi connectivity index (χ3n) is 1.85. The van der Waals surface area contributed by atoms with Gasteiger partial charge in [-0.15, -0.1) is 11.3 Å². The van der Waals surface area contributed by atoms with Gasteiger partial charge in [-0.25, -0.2) is 0 Å². The number of rotatable bonds is 2. The molecule has 2 aromatic heterocycles. The molecule has 0 aliphatic rings. The molecule has 1 unspecified atom stereocenters. The summed E-state index contributed by atoms with van der Waals surface area (Å²) >= 11 is 5.07. The maximum Gasteiger partial charge on any atom is 0.0798 e. The highest BCUT2D eigenvalue weighted by molar-refractivity contribution is 9.10. The molecule has 0 aliphatic heterocycles. The van der Waals surface area contributed by atoms with E-state index < -0.39 is 0 Å². The average Bonchev–Trinajstić information content (AvgIpc) is 2.72. The molecule has 0 aromatic carbocycles. The van der Waals surface area contributed by atoms with Crippen LogP contribution < -0.4 is 5.73 Å². The first-order valence-electron chi connectivity index (χ1n) is 3.90. The summed E-state index contributed by atoms with van der Waals surface area (Å²) in [5, 5.41) is 2.04. The van der Waals surface area contributed by atoms with Crippen LogP contribution in [-0.2, 0) is 0 Å². The molecule has 1 atom stereocenters. The monoisotopic (exact) mass is 256 g/mol. The zero-order valence-corrected chi connectivity index (χ0v) is 9.23. The quantitative estimate of drug-likeness (QED) is 0.853. The first kappa shape index (κ1) is 8.99. The SMILES string of the molecule is NC(c1ccc[nH]1)c1cc(Br)cs1. The van der Waals surface area contributed by atoms with Gasteiger partial charge in [0.15, 0.2) is 0 Å². The minimum atomic E-state index is -0.0358. The van der Waals surface area contributed by atoms with E-state index in [1.54, 1.807) is 11.3 Å². The van der Waals surface area contributed by atoms with E-state index in [0.717, 1.165) is 15.0 Å². The molecule has 2 heterocycles. The number of hydrogen-bond donors (Lipinski definition) is 2. The summed E-state index contributed by atoms with van der Waals surface area (Å²) < 4.78 is 1.09. The Balaban J connectivity index is 2.28. The lowest BCUT2D eigenvalue weighted by Gasteiger charge is -2.05. The van der Waals surface area contributed by atoms with Crippen molar-refractivity contribution in [1.29, 1.82) is 0 Å². The predicted octanol–water partition coefficient (Wildman–Crippen LogP) is 2.89. The Morgan fingerprint density at radius 2 is 2.38 bits per heavy atom. The van der Waals surface area contributed by atoms with Crippen molar-refractivity contribution in [3.8, 4) is 0 Å². The summed E-state index contributed by atoms with van der Waals surface area (Å²) in [6.45, 7) is 0. The number of nitrogens with one attached hydrogen (secondary N) is 1. The van der Waals surface area contributed by atoms with E-state index in [1.807, 2.05) is 23.7 Å². The van der Waals surface area contributed by atoms with E-state index in [4.69, 9.17) is 5.73 Å². The van der Waals surface area contributed by atoms with E-state index in [2.05, 4.69) is 27.0 Å². The van der Waals surface area contributed by atoms with Gasteiger partial charge in [-0.1, -0.05) is 0 Å². The normalized spacial score (nSPS) is 13.1. The Morgan fingerprint density at radius 3 is 2.92 bits per heavy atom.